The Morgan fingerprint density at radius 1 is 1.50 bits per heavy atom. The highest BCUT2D eigenvalue weighted by molar-refractivity contribution is 5.90. The number of aromatic carboxylic acids is 1. The first-order valence-electron chi connectivity index (χ1n) is 4.55. The van der Waals surface area contributed by atoms with Crippen molar-refractivity contribution in [2.75, 3.05) is 18.0 Å². The molecule has 5 nitrogen and oxygen atoms in total. The Morgan fingerprint density at radius 2 is 2.07 bits per heavy atom. The first-order valence-corrected chi connectivity index (χ1v) is 4.55. The lowest BCUT2D eigenvalue weighted by molar-refractivity contribution is 0.0691. The van der Waals surface area contributed by atoms with Crippen LogP contribution in [0.15, 0.2) is 4.42 Å². The fourth-order valence-electron chi connectivity index (χ4n) is 1.28. The molecule has 0 amide bonds. The van der Waals surface area contributed by atoms with Gasteiger partial charge >= 0.3 is 5.97 Å². The summed E-state index contributed by atoms with van der Waals surface area (Å²) in [6, 6.07) is 0. The second-order valence-electron chi connectivity index (χ2n) is 2.86. The normalized spacial score (nSPS) is 10.2. The molecule has 78 valence electrons. The number of hydrogen-bond acceptors (Lipinski definition) is 4. The molecule has 0 saturated carbocycles. The number of aromatic nitrogens is 1. The highest BCUT2D eigenvalue weighted by atomic mass is 16.4. The van der Waals surface area contributed by atoms with E-state index in [-0.39, 0.29) is 5.69 Å². The summed E-state index contributed by atoms with van der Waals surface area (Å²) in [6.07, 6.45) is 0. The van der Waals surface area contributed by atoms with Gasteiger partial charge in [0, 0.05) is 20.0 Å². The monoisotopic (exact) mass is 198 g/mol. The van der Waals surface area contributed by atoms with E-state index in [1.54, 1.807) is 6.92 Å². The number of carbonyl (C=O) groups is 1. The Morgan fingerprint density at radius 3 is 2.50 bits per heavy atom. The van der Waals surface area contributed by atoms with Crippen LogP contribution in [0, 0.1) is 6.92 Å². The highest BCUT2D eigenvalue weighted by Crippen LogP contribution is 2.21. The molecule has 0 atom stereocenters. The van der Waals surface area contributed by atoms with Crippen LogP contribution in [0.1, 0.15) is 30.2 Å². The van der Waals surface area contributed by atoms with Crippen LogP contribution in [0.25, 0.3) is 0 Å². The van der Waals surface area contributed by atoms with Crippen LogP contribution in [0.5, 0.6) is 0 Å². The Kier molecular flexibility index (Phi) is 3.11. The number of anilines is 1. The zero-order valence-electron chi connectivity index (χ0n) is 8.57. The summed E-state index contributed by atoms with van der Waals surface area (Å²) >= 11 is 0. The maximum Gasteiger partial charge on any atom is 0.360 e. The number of aryl methyl sites for hydroxylation is 1. The van der Waals surface area contributed by atoms with Gasteiger partial charge in [-0.15, -0.1) is 0 Å². The third kappa shape index (κ3) is 1.86. The number of carboxylic acids is 1. The Hall–Kier alpha value is -1.52. The van der Waals surface area contributed by atoms with E-state index in [0.29, 0.717) is 24.9 Å². The number of carboxylic acid groups (broad SMARTS) is 1. The van der Waals surface area contributed by atoms with Crippen LogP contribution in [0.2, 0.25) is 0 Å². The van der Waals surface area contributed by atoms with E-state index in [1.165, 1.54) is 0 Å². The summed E-state index contributed by atoms with van der Waals surface area (Å²) in [7, 11) is 0. The average Bonchev–Trinajstić information content (AvgIpc) is 2.50. The molecule has 0 aliphatic rings. The quantitative estimate of drug-likeness (QED) is 0.794. The van der Waals surface area contributed by atoms with Crippen molar-refractivity contribution < 1.29 is 14.3 Å². The minimum absolute atomic E-state index is 0.00815. The van der Waals surface area contributed by atoms with E-state index in [4.69, 9.17) is 9.52 Å². The van der Waals surface area contributed by atoms with Gasteiger partial charge in [-0.05, 0) is 13.8 Å². The molecule has 1 aromatic heterocycles. The van der Waals surface area contributed by atoms with Crippen molar-refractivity contribution in [3.63, 3.8) is 0 Å². The third-order valence-electron chi connectivity index (χ3n) is 1.97. The molecule has 1 heterocycles. The maximum atomic E-state index is 10.8. The standard InChI is InChI=1S/C9H14N2O3/c1-4-11(5-2)8-7(9(12)13)10-6(3)14-8/h4-5H2,1-3H3,(H,12,13). The lowest BCUT2D eigenvalue weighted by Crippen LogP contribution is -2.23. The van der Waals surface area contributed by atoms with Crippen molar-refractivity contribution >= 4 is 11.9 Å². The Bertz CT molecular complexity index is 329. The molecule has 1 N–H and O–H groups in total. The fraction of sp³-hybridized carbons (Fsp3) is 0.556. The summed E-state index contributed by atoms with van der Waals surface area (Å²) in [5, 5.41) is 8.87. The summed E-state index contributed by atoms with van der Waals surface area (Å²) in [6.45, 7) is 6.91. The van der Waals surface area contributed by atoms with E-state index in [9.17, 15) is 4.79 Å². The maximum absolute atomic E-state index is 10.8. The molecule has 0 spiro atoms. The van der Waals surface area contributed by atoms with Gasteiger partial charge < -0.3 is 14.4 Å². The largest absolute Gasteiger partial charge is 0.476 e. The summed E-state index contributed by atoms with van der Waals surface area (Å²) in [5.41, 5.74) is -0.00815. The minimum atomic E-state index is -1.05. The second-order valence-corrected chi connectivity index (χ2v) is 2.86. The van der Waals surface area contributed by atoms with Crippen LogP contribution in [0.3, 0.4) is 0 Å². The van der Waals surface area contributed by atoms with Crippen molar-refractivity contribution in [3.05, 3.63) is 11.6 Å². The van der Waals surface area contributed by atoms with Crippen LogP contribution >= 0.6 is 0 Å². The summed E-state index contributed by atoms with van der Waals surface area (Å²) in [5.74, 6) is -0.326. The first kappa shape index (κ1) is 10.6. The van der Waals surface area contributed by atoms with Gasteiger partial charge in [0.05, 0.1) is 0 Å². The van der Waals surface area contributed by atoms with Crippen molar-refractivity contribution in [2.45, 2.75) is 20.8 Å². The van der Waals surface area contributed by atoms with Gasteiger partial charge in [-0.25, -0.2) is 9.78 Å². The molecule has 5 heteroatoms. The predicted octanol–water partition coefficient (Wildman–Crippen LogP) is 1.53. The van der Waals surface area contributed by atoms with Crippen molar-refractivity contribution in [2.24, 2.45) is 0 Å². The Balaban J connectivity index is 3.11. The molecule has 1 aromatic rings. The molecule has 0 bridgehead atoms. The lowest BCUT2D eigenvalue weighted by atomic mass is 10.4. The van der Waals surface area contributed by atoms with E-state index >= 15 is 0 Å². The zero-order chi connectivity index (χ0) is 10.7. The molecule has 0 saturated heterocycles. The smallest absolute Gasteiger partial charge is 0.360 e. The van der Waals surface area contributed by atoms with E-state index < -0.39 is 5.97 Å². The van der Waals surface area contributed by atoms with Crippen LogP contribution < -0.4 is 4.90 Å². The molecular formula is C9H14N2O3. The van der Waals surface area contributed by atoms with Gasteiger partial charge in [-0.2, -0.15) is 0 Å². The fourth-order valence-corrected chi connectivity index (χ4v) is 1.28. The van der Waals surface area contributed by atoms with Gasteiger partial charge in [-0.3, -0.25) is 0 Å². The SMILES string of the molecule is CCN(CC)c1oc(C)nc1C(=O)O. The molecule has 0 fully saturated rings. The molecule has 1 rings (SSSR count). The van der Waals surface area contributed by atoms with Crippen molar-refractivity contribution in [1.29, 1.82) is 0 Å². The van der Waals surface area contributed by atoms with Gasteiger partial charge in [0.25, 0.3) is 0 Å². The molecule has 0 aromatic carbocycles. The zero-order valence-corrected chi connectivity index (χ0v) is 8.57. The first-order chi connectivity index (χ1) is 6.60. The van der Waals surface area contributed by atoms with Gasteiger partial charge in [0.1, 0.15) is 0 Å². The number of hydrogen-bond donors (Lipinski definition) is 1. The van der Waals surface area contributed by atoms with Gasteiger partial charge in [-0.1, -0.05) is 0 Å². The van der Waals surface area contributed by atoms with Crippen LogP contribution in [-0.2, 0) is 0 Å². The summed E-state index contributed by atoms with van der Waals surface area (Å²) < 4.78 is 5.25. The topological polar surface area (TPSA) is 66.6 Å². The molecule has 0 radical (unpaired) electrons. The molecular weight excluding hydrogens is 184 g/mol. The van der Waals surface area contributed by atoms with Crippen LogP contribution in [0.4, 0.5) is 5.88 Å². The van der Waals surface area contributed by atoms with E-state index in [2.05, 4.69) is 4.98 Å². The van der Waals surface area contributed by atoms with Gasteiger partial charge in [0.2, 0.25) is 11.6 Å². The van der Waals surface area contributed by atoms with Crippen molar-refractivity contribution in [1.82, 2.24) is 4.98 Å². The number of oxazole rings is 1. The highest BCUT2D eigenvalue weighted by Gasteiger charge is 2.21. The number of nitrogens with zero attached hydrogens (tertiary/aromatic N) is 2. The van der Waals surface area contributed by atoms with Crippen LogP contribution in [-0.4, -0.2) is 29.1 Å². The Labute approximate surface area is 82.4 Å². The van der Waals surface area contributed by atoms with Gasteiger partial charge in [0.15, 0.2) is 5.89 Å². The third-order valence-corrected chi connectivity index (χ3v) is 1.97. The van der Waals surface area contributed by atoms with E-state index in [0.717, 1.165) is 0 Å². The lowest BCUT2D eigenvalue weighted by Gasteiger charge is -2.17. The summed E-state index contributed by atoms with van der Waals surface area (Å²) in [4.78, 5) is 16.5. The molecule has 0 unspecified atom stereocenters. The second kappa shape index (κ2) is 4.13. The average molecular weight is 198 g/mol. The van der Waals surface area contributed by atoms with E-state index in [1.807, 2.05) is 18.7 Å². The molecule has 14 heavy (non-hydrogen) atoms. The number of rotatable bonds is 4. The molecule has 0 aliphatic carbocycles. The minimum Gasteiger partial charge on any atom is -0.476 e. The van der Waals surface area contributed by atoms with Crippen molar-refractivity contribution in [3.8, 4) is 0 Å². The predicted molar refractivity (Wildman–Crippen MR) is 51.8 cm³/mol. The molecule has 0 aliphatic heterocycles.